The molecule has 4 aromatic carbocycles. The first kappa shape index (κ1) is 19.5. The van der Waals surface area contributed by atoms with E-state index in [0.29, 0.717) is 11.5 Å². The number of hydrogen-bond acceptors (Lipinski definition) is 3. The van der Waals surface area contributed by atoms with Gasteiger partial charge in [-0.1, -0.05) is 84.9 Å². The van der Waals surface area contributed by atoms with Crippen LogP contribution in [0, 0.1) is 13.8 Å². The maximum Gasteiger partial charge on any atom is 0.519 e. The maximum absolute atomic E-state index is 12.5. The Morgan fingerprint density at radius 3 is 1.33 bits per heavy atom. The minimum atomic E-state index is -0.753. The van der Waals surface area contributed by atoms with Crippen molar-refractivity contribution in [3.63, 3.8) is 0 Å². The summed E-state index contributed by atoms with van der Waals surface area (Å²) in [7, 11) is 0. The quantitative estimate of drug-likeness (QED) is 0.271. The lowest BCUT2D eigenvalue weighted by molar-refractivity contribution is 0.151. The third-order valence-electron chi connectivity index (χ3n) is 5.12. The van der Waals surface area contributed by atoms with Crippen LogP contribution < -0.4 is 9.47 Å². The van der Waals surface area contributed by atoms with Gasteiger partial charge in [-0.25, -0.2) is 4.79 Å². The van der Waals surface area contributed by atoms with Crippen LogP contribution in [0.15, 0.2) is 97.1 Å². The molecule has 0 aliphatic carbocycles. The molecule has 0 saturated heterocycles. The fraction of sp³-hybridized carbons (Fsp3) is 0.0741. The van der Waals surface area contributed by atoms with E-state index in [4.69, 9.17) is 9.47 Å². The third kappa shape index (κ3) is 4.11. The largest absolute Gasteiger partial charge is 0.519 e. The first-order valence-corrected chi connectivity index (χ1v) is 9.83. The van der Waals surface area contributed by atoms with Gasteiger partial charge >= 0.3 is 6.16 Å². The predicted molar refractivity (Wildman–Crippen MR) is 120 cm³/mol. The van der Waals surface area contributed by atoms with Crippen LogP contribution in [0.1, 0.15) is 11.1 Å². The van der Waals surface area contributed by atoms with Gasteiger partial charge in [-0.3, -0.25) is 0 Å². The average Bonchev–Trinajstić information content (AvgIpc) is 2.78. The van der Waals surface area contributed by atoms with Crippen molar-refractivity contribution in [2.75, 3.05) is 0 Å². The van der Waals surface area contributed by atoms with Gasteiger partial charge in [-0.15, -0.1) is 0 Å². The van der Waals surface area contributed by atoms with Gasteiger partial charge in [0.25, 0.3) is 0 Å². The Morgan fingerprint density at radius 1 is 0.533 bits per heavy atom. The van der Waals surface area contributed by atoms with E-state index in [1.54, 1.807) is 12.1 Å². The van der Waals surface area contributed by atoms with Crippen molar-refractivity contribution >= 4 is 6.16 Å². The van der Waals surface area contributed by atoms with Crippen molar-refractivity contribution in [1.82, 2.24) is 0 Å². The highest BCUT2D eigenvalue weighted by atomic mass is 16.7. The van der Waals surface area contributed by atoms with Crippen LogP contribution in [-0.4, -0.2) is 6.16 Å². The zero-order valence-corrected chi connectivity index (χ0v) is 17.0. The molecule has 0 N–H and O–H groups in total. The lowest BCUT2D eigenvalue weighted by Gasteiger charge is -2.14. The van der Waals surface area contributed by atoms with Crippen LogP contribution in [0.25, 0.3) is 22.3 Å². The topological polar surface area (TPSA) is 35.5 Å². The molecule has 4 rings (SSSR count). The second-order valence-corrected chi connectivity index (χ2v) is 7.04. The van der Waals surface area contributed by atoms with E-state index in [-0.39, 0.29) is 0 Å². The molecule has 0 fully saturated rings. The summed E-state index contributed by atoms with van der Waals surface area (Å²) in [4.78, 5) is 12.5. The van der Waals surface area contributed by atoms with Gasteiger partial charge in [-0.2, -0.15) is 0 Å². The molecule has 0 heterocycles. The molecule has 0 amide bonds. The minimum absolute atomic E-state index is 0.484. The number of carbonyl (C=O) groups is 1. The molecular formula is C27H22O3. The number of rotatable bonds is 4. The molecule has 3 heteroatoms. The van der Waals surface area contributed by atoms with Crippen LogP contribution in [-0.2, 0) is 0 Å². The van der Waals surface area contributed by atoms with E-state index in [1.165, 1.54) is 0 Å². The summed E-state index contributed by atoms with van der Waals surface area (Å²) in [6.45, 7) is 3.87. The zero-order valence-electron chi connectivity index (χ0n) is 17.0. The lowest BCUT2D eigenvalue weighted by Crippen LogP contribution is -2.15. The van der Waals surface area contributed by atoms with E-state index in [1.807, 2.05) is 98.8 Å². The van der Waals surface area contributed by atoms with Gasteiger partial charge in [0.1, 0.15) is 11.5 Å². The van der Waals surface area contributed by atoms with Crippen molar-refractivity contribution in [3.05, 3.63) is 108 Å². The fourth-order valence-corrected chi connectivity index (χ4v) is 3.51. The highest BCUT2D eigenvalue weighted by molar-refractivity contribution is 5.75. The summed E-state index contributed by atoms with van der Waals surface area (Å²) in [5, 5.41) is 0. The van der Waals surface area contributed by atoms with Crippen molar-refractivity contribution in [3.8, 4) is 33.8 Å². The molecule has 0 aliphatic heterocycles. The van der Waals surface area contributed by atoms with Crippen LogP contribution in [0.5, 0.6) is 11.5 Å². The highest BCUT2D eigenvalue weighted by Gasteiger charge is 2.15. The standard InChI is InChI=1S/C27H22O3/c1-19-23(21-11-5-3-6-12-21)15-9-17-25(19)29-27(28)30-26-18-10-16-24(20(26)2)22-13-7-4-8-14-22/h3-18H,1-2H3. The second kappa shape index (κ2) is 8.66. The Bertz CT molecular complexity index is 1070. The van der Waals surface area contributed by atoms with Crippen LogP contribution in [0.3, 0.4) is 0 Å². The Kier molecular flexibility index (Phi) is 5.62. The van der Waals surface area contributed by atoms with Gasteiger partial charge in [0.15, 0.2) is 0 Å². The molecule has 30 heavy (non-hydrogen) atoms. The van der Waals surface area contributed by atoms with Crippen LogP contribution in [0.4, 0.5) is 4.79 Å². The van der Waals surface area contributed by atoms with E-state index >= 15 is 0 Å². The second-order valence-electron chi connectivity index (χ2n) is 7.04. The summed E-state index contributed by atoms with van der Waals surface area (Å²) in [6, 6.07) is 31.3. The maximum atomic E-state index is 12.5. The van der Waals surface area contributed by atoms with Crippen LogP contribution in [0.2, 0.25) is 0 Å². The molecule has 0 aliphatic rings. The third-order valence-corrected chi connectivity index (χ3v) is 5.12. The summed E-state index contributed by atoms with van der Waals surface area (Å²) in [6.07, 6.45) is -0.753. The number of ether oxygens (including phenoxy) is 2. The smallest absolute Gasteiger partial charge is 0.394 e. The molecule has 0 atom stereocenters. The molecule has 148 valence electrons. The Labute approximate surface area is 176 Å². The van der Waals surface area contributed by atoms with Crippen LogP contribution >= 0.6 is 0 Å². The van der Waals surface area contributed by atoms with E-state index in [2.05, 4.69) is 0 Å². The van der Waals surface area contributed by atoms with Crippen molar-refractivity contribution in [2.45, 2.75) is 13.8 Å². The minimum Gasteiger partial charge on any atom is -0.394 e. The van der Waals surface area contributed by atoms with E-state index < -0.39 is 6.16 Å². The van der Waals surface area contributed by atoms with Gasteiger partial charge in [-0.05, 0) is 59.4 Å². The van der Waals surface area contributed by atoms with Gasteiger partial charge in [0.2, 0.25) is 0 Å². The SMILES string of the molecule is Cc1c(OC(=O)Oc2cccc(-c3ccccc3)c2C)cccc1-c1ccccc1. The fourth-order valence-electron chi connectivity index (χ4n) is 3.51. The van der Waals surface area contributed by atoms with E-state index in [9.17, 15) is 4.79 Å². The van der Waals surface area contributed by atoms with Crippen molar-refractivity contribution in [1.29, 1.82) is 0 Å². The molecule has 4 aromatic rings. The number of benzene rings is 4. The van der Waals surface area contributed by atoms with Gasteiger partial charge in [0, 0.05) is 0 Å². The highest BCUT2D eigenvalue weighted by Crippen LogP contribution is 2.32. The zero-order chi connectivity index (χ0) is 20.9. The molecule has 3 nitrogen and oxygen atoms in total. The number of carbonyl (C=O) groups excluding carboxylic acids is 1. The van der Waals surface area contributed by atoms with Crippen molar-refractivity contribution in [2.24, 2.45) is 0 Å². The molecule has 0 saturated carbocycles. The predicted octanol–water partition coefficient (Wildman–Crippen LogP) is 7.22. The van der Waals surface area contributed by atoms with Gasteiger partial charge < -0.3 is 9.47 Å². The summed E-state index contributed by atoms with van der Waals surface area (Å²) < 4.78 is 11.1. The molecule has 0 radical (unpaired) electrons. The molecule has 0 unspecified atom stereocenters. The molecule has 0 aromatic heterocycles. The summed E-state index contributed by atoms with van der Waals surface area (Å²) in [5.41, 5.74) is 5.94. The lowest BCUT2D eigenvalue weighted by atomic mass is 10.00. The number of hydrogen-bond donors (Lipinski definition) is 0. The van der Waals surface area contributed by atoms with E-state index in [0.717, 1.165) is 33.4 Å². The monoisotopic (exact) mass is 394 g/mol. The Morgan fingerprint density at radius 2 is 0.933 bits per heavy atom. The summed E-state index contributed by atoms with van der Waals surface area (Å²) in [5.74, 6) is 0.969. The Balaban J connectivity index is 1.55. The molecular weight excluding hydrogens is 372 g/mol. The average molecular weight is 394 g/mol. The molecule has 0 spiro atoms. The Hall–Kier alpha value is -3.85. The first-order valence-electron chi connectivity index (χ1n) is 9.83. The first-order chi connectivity index (χ1) is 14.6. The van der Waals surface area contributed by atoms with Gasteiger partial charge in [0.05, 0.1) is 0 Å². The van der Waals surface area contributed by atoms with Crippen molar-refractivity contribution < 1.29 is 14.3 Å². The normalized spacial score (nSPS) is 10.5. The summed E-state index contributed by atoms with van der Waals surface area (Å²) >= 11 is 0. The molecule has 0 bridgehead atoms.